The van der Waals surface area contributed by atoms with Crippen LogP contribution in [0.5, 0.6) is 0 Å². The third-order valence-corrected chi connectivity index (χ3v) is 4.18. The molecular weight excluding hydrogens is 252 g/mol. The number of aliphatic hydroxyl groups excluding tert-OH is 1. The predicted molar refractivity (Wildman–Crippen MR) is 66.7 cm³/mol. The van der Waals surface area contributed by atoms with Gasteiger partial charge in [0.2, 0.25) is 0 Å². The minimum absolute atomic E-state index is 0.356. The molecule has 0 spiro atoms. The van der Waals surface area contributed by atoms with E-state index >= 15 is 0 Å². The van der Waals surface area contributed by atoms with Crippen molar-refractivity contribution >= 4 is 0 Å². The molecule has 19 heavy (non-hydrogen) atoms. The van der Waals surface area contributed by atoms with Gasteiger partial charge in [-0.05, 0) is 13.8 Å². The summed E-state index contributed by atoms with van der Waals surface area (Å²) in [4.78, 5) is 25.1. The van der Waals surface area contributed by atoms with E-state index in [0.717, 1.165) is 0 Å². The van der Waals surface area contributed by atoms with Crippen LogP contribution in [0.15, 0.2) is 21.9 Å². The molecule has 4 atom stereocenters. The molecule has 0 radical (unpaired) electrons. The van der Waals surface area contributed by atoms with Gasteiger partial charge in [0.05, 0.1) is 12.2 Å². The van der Waals surface area contributed by atoms with Gasteiger partial charge in [0.15, 0.2) is 5.72 Å². The minimum Gasteiger partial charge on any atom is -0.394 e. The van der Waals surface area contributed by atoms with Crippen LogP contribution in [-0.2, 0) is 10.5 Å². The van der Waals surface area contributed by atoms with Gasteiger partial charge in [-0.15, -0.1) is 0 Å². The third kappa shape index (κ3) is 1.94. The van der Waals surface area contributed by atoms with Crippen molar-refractivity contribution in [3.8, 4) is 0 Å². The van der Waals surface area contributed by atoms with Gasteiger partial charge in [-0.3, -0.25) is 14.3 Å². The second-order valence-corrected chi connectivity index (χ2v) is 5.27. The lowest BCUT2D eigenvalue weighted by Crippen LogP contribution is -2.48. The highest BCUT2D eigenvalue weighted by atomic mass is 16.6. The standard InChI is InChI=1S/C12H18N2O5/c1-7-11(2,18)8(6-15)19-12(7,3)14-5-4-9(16)13-10(14)17/h4-5,7-8,15,18H,6H2,1-3H3,(H,13,16,17). The van der Waals surface area contributed by atoms with Crippen molar-refractivity contribution in [2.75, 3.05) is 6.61 Å². The molecule has 1 aromatic rings. The molecule has 7 heteroatoms. The second-order valence-electron chi connectivity index (χ2n) is 5.27. The normalized spacial score (nSPS) is 38.6. The summed E-state index contributed by atoms with van der Waals surface area (Å²) in [5.74, 6) is -0.458. The quantitative estimate of drug-likeness (QED) is 0.638. The van der Waals surface area contributed by atoms with E-state index in [1.165, 1.54) is 16.8 Å². The molecule has 0 saturated carbocycles. The average molecular weight is 270 g/mol. The number of aromatic nitrogens is 2. The Balaban J connectivity index is 2.55. The lowest BCUT2D eigenvalue weighted by Gasteiger charge is -2.32. The molecule has 0 aliphatic carbocycles. The Hall–Kier alpha value is -1.44. The number of H-pyrrole nitrogens is 1. The third-order valence-electron chi connectivity index (χ3n) is 4.18. The summed E-state index contributed by atoms with van der Waals surface area (Å²) in [6.07, 6.45) is 0.527. The number of hydrogen-bond donors (Lipinski definition) is 3. The second kappa shape index (κ2) is 4.29. The van der Waals surface area contributed by atoms with Crippen LogP contribution in [0.2, 0.25) is 0 Å². The molecule has 0 amide bonds. The molecule has 1 fully saturated rings. The Morgan fingerprint density at radius 1 is 1.47 bits per heavy atom. The van der Waals surface area contributed by atoms with Gasteiger partial charge >= 0.3 is 5.69 Å². The number of ether oxygens (including phenoxy) is 1. The number of rotatable bonds is 2. The smallest absolute Gasteiger partial charge is 0.330 e. The molecule has 4 unspecified atom stereocenters. The summed E-state index contributed by atoms with van der Waals surface area (Å²) in [5, 5.41) is 19.7. The monoisotopic (exact) mass is 270 g/mol. The number of aliphatic hydroxyl groups is 2. The lowest BCUT2D eigenvalue weighted by molar-refractivity contribution is -0.122. The molecular formula is C12H18N2O5. The van der Waals surface area contributed by atoms with E-state index in [1.807, 2.05) is 0 Å². The summed E-state index contributed by atoms with van der Waals surface area (Å²) in [7, 11) is 0. The van der Waals surface area contributed by atoms with E-state index in [1.54, 1.807) is 20.8 Å². The first-order valence-corrected chi connectivity index (χ1v) is 6.07. The van der Waals surface area contributed by atoms with Crippen LogP contribution >= 0.6 is 0 Å². The fourth-order valence-corrected chi connectivity index (χ4v) is 2.58. The zero-order valence-corrected chi connectivity index (χ0v) is 11.1. The van der Waals surface area contributed by atoms with Crippen LogP contribution in [0.3, 0.4) is 0 Å². The predicted octanol–water partition coefficient (Wildman–Crippen LogP) is -1.01. The zero-order chi connectivity index (χ0) is 14.4. The van der Waals surface area contributed by atoms with Gasteiger partial charge in [0.1, 0.15) is 6.10 Å². The van der Waals surface area contributed by atoms with E-state index in [-0.39, 0.29) is 6.61 Å². The molecule has 2 rings (SSSR count). The number of nitrogens with zero attached hydrogens (tertiary/aromatic N) is 1. The molecule has 2 heterocycles. The van der Waals surface area contributed by atoms with E-state index in [0.29, 0.717) is 0 Å². The number of aromatic amines is 1. The molecule has 106 valence electrons. The van der Waals surface area contributed by atoms with Crippen LogP contribution in [0.1, 0.15) is 20.8 Å². The van der Waals surface area contributed by atoms with Crippen molar-refractivity contribution in [1.82, 2.24) is 9.55 Å². The maximum absolute atomic E-state index is 11.9. The Morgan fingerprint density at radius 2 is 2.11 bits per heavy atom. The van der Waals surface area contributed by atoms with Crippen LogP contribution in [0.25, 0.3) is 0 Å². The largest absolute Gasteiger partial charge is 0.394 e. The summed E-state index contributed by atoms with van der Waals surface area (Å²) < 4.78 is 6.90. The Labute approximate surface area is 109 Å². The highest BCUT2D eigenvalue weighted by Crippen LogP contribution is 2.45. The Bertz CT molecular complexity index is 590. The lowest BCUT2D eigenvalue weighted by atomic mass is 9.83. The molecule has 0 bridgehead atoms. The van der Waals surface area contributed by atoms with Crippen molar-refractivity contribution in [3.05, 3.63) is 33.1 Å². The fraction of sp³-hybridized carbons (Fsp3) is 0.667. The van der Waals surface area contributed by atoms with Gasteiger partial charge < -0.3 is 14.9 Å². The summed E-state index contributed by atoms with van der Waals surface area (Å²) in [6.45, 7) is 4.57. The minimum atomic E-state index is -1.28. The van der Waals surface area contributed by atoms with Gasteiger partial charge in [-0.25, -0.2) is 4.79 Å². The highest BCUT2D eigenvalue weighted by Gasteiger charge is 2.57. The number of hydrogen-bond acceptors (Lipinski definition) is 5. The van der Waals surface area contributed by atoms with E-state index in [4.69, 9.17) is 4.74 Å². The summed E-state index contributed by atoms with van der Waals surface area (Å²) >= 11 is 0. The van der Waals surface area contributed by atoms with Crippen LogP contribution in [-0.4, -0.2) is 38.1 Å². The van der Waals surface area contributed by atoms with Crippen molar-refractivity contribution in [3.63, 3.8) is 0 Å². The molecule has 1 aliphatic heterocycles. The van der Waals surface area contributed by atoms with Gasteiger partial charge in [-0.2, -0.15) is 0 Å². The van der Waals surface area contributed by atoms with Crippen molar-refractivity contribution in [2.24, 2.45) is 5.92 Å². The topological polar surface area (TPSA) is 105 Å². The first-order chi connectivity index (χ1) is 8.73. The van der Waals surface area contributed by atoms with Gasteiger partial charge in [-0.1, -0.05) is 6.92 Å². The first-order valence-electron chi connectivity index (χ1n) is 6.07. The van der Waals surface area contributed by atoms with Gasteiger partial charge in [0.25, 0.3) is 5.56 Å². The Kier molecular flexibility index (Phi) is 3.16. The SMILES string of the molecule is CC1C(C)(O)C(CO)OC1(C)n1ccc(=O)[nH]c1=O. The molecule has 3 N–H and O–H groups in total. The summed E-state index contributed by atoms with van der Waals surface area (Å²) in [6, 6.07) is 1.21. The van der Waals surface area contributed by atoms with E-state index < -0.39 is 34.6 Å². The van der Waals surface area contributed by atoms with Gasteiger partial charge in [0, 0.05) is 18.2 Å². The number of nitrogens with one attached hydrogen (secondary N) is 1. The van der Waals surface area contributed by atoms with E-state index in [9.17, 15) is 19.8 Å². The molecule has 0 aromatic carbocycles. The molecule has 7 nitrogen and oxygen atoms in total. The Morgan fingerprint density at radius 3 is 2.58 bits per heavy atom. The first kappa shape index (κ1) is 14.0. The fourth-order valence-electron chi connectivity index (χ4n) is 2.58. The average Bonchev–Trinajstić information content (AvgIpc) is 2.50. The van der Waals surface area contributed by atoms with Crippen LogP contribution in [0.4, 0.5) is 0 Å². The maximum Gasteiger partial charge on any atom is 0.330 e. The molecule has 1 aliphatic rings. The summed E-state index contributed by atoms with van der Waals surface area (Å²) in [5.41, 5.74) is -3.53. The highest BCUT2D eigenvalue weighted by molar-refractivity contribution is 5.03. The zero-order valence-electron chi connectivity index (χ0n) is 11.1. The van der Waals surface area contributed by atoms with Crippen molar-refractivity contribution in [1.29, 1.82) is 0 Å². The molecule has 1 aromatic heterocycles. The van der Waals surface area contributed by atoms with Crippen molar-refractivity contribution < 1.29 is 14.9 Å². The van der Waals surface area contributed by atoms with Crippen molar-refractivity contribution in [2.45, 2.75) is 38.2 Å². The molecule has 1 saturated heterocycles. The maximum atomic E-state index is 11.9. The van der Waals surface area contributed by atoms with Crippen LogP contribution in [0, 0.1) is 5.92 Å². The van der Waals surface area contributed by atoms with E-state index in [2.05, 4.69) is 4.98 Å². The van der Waals surface area contributed by atoms with Crippen LogP contribution < -0.4 is 11.2 Å².